The van der Waals surface area contributed by atoms with Gasteiger partial charge in [0.05, 0.1) is 18.2 Å². The van der Waals surface area contributed by atoms with E-state index < -0.39 is 58.0 Å². The van der Waals surface area contributed by atoms with Crippen molar-refractivity contribution in [2.45, 2.75) is 31.1 Å². The minimum atomic E-state index is -2.67. The minimum absolute atomic E-state index is 0.0182. The first-order valence-corrected chi connectivity index (χ1v) is 12.1. The summed E-state index contributed by atoms with van der Waals surface area (Å²) in [5, 5.41) is 53.9. The summed E-state index contributed by atoms with van der Waals surface area (Å²) in [6.07, 6.45) is 0.213. The number of allylic oxidation sites excluding steroid dienone is 1. The fourth-order valence-corrected chi connectivity index (χ4v) is 6.31. The van der Waals surface area contributed by atoms with Gasteiger partial charge in [-0.25, -0.2) is 0 Å². The molecule has 0 spiro atoms. The third-order valence-electron chi connectivity index (χ3n) is 8.05. The van der Waals surface area contributed by atoms with Crippen molar-refractivity contribution in [2.75, 3.05) is 14.1 Å². The van der Waals surface area contributed by atoms with Gasteiger partial charge in [-0.15, -0.1) is 0 Å². The number of aliphatic hydroxyl groups is 4. The number of benzene rings is 2. The van der Waals surface area contributed by atoms with Crippen molar-refractivity contribution in [1.82, 2.24) is 4.90 Å². The number of carbonyl (C=O) groups excluding carboxylic acids is 3. The average molecular weight is 521 g/mol. The number of nitrogens with zero attached hydrogens (tertiary/aromatic N) is 1. The van der Waals surface area contributed by atoms with Crippen LogP contribution in [0.25, 0.3) is 11.1 Å². The monoisotopic (exact) mass is 520 g/mol. The van der Waals surface area contributed by atoms with Crippen molar-refractivity contribution in [3.63, 3.8) is 0 Å². The van der Waals surface area contributed by atoms with Crippen molar-refractivity contribution >= 4 is 17.5 Å². The summed E-state index contributed by atoms with van der Waals surface area (Å²) in [5.41, 5.74) is 4.27. The number of hydrogen-bond donors (Lipinski definition) is 6. The molecule has 3 aliphatic carbocycles. The van der Waals surface area contributed by atoms with Crippen LogP contribution in [0.15, 0.2) is 59.1 Å². The molecular weight excluding hydrogens is 492 g/mol. The number of carbonyl (C=O) groups is 3. The summed E-state index contributed by atoms with van der Waals surface area (Å²) >= 11 is 0. The predicted molar refractivity (Wildman–Crippen MR) is 135 cm³/mol. The fraction of sp³-hybridized carbons (Fsp3) is 0.321. The number of amides is 1. The molecule has 0 saturated heterocycles. The van der Waals surface area contributed by atoms with Crippen LogP contribution in [0, 0.1) is 11.8 Å². The van der Waals surface area contributed by atoms with Crippen LogP contribution in [0.3, 0.4) is 0 Å². The van der Waals surface area contributed by atoms with Crippen LogP contribution < -0.4 is 5.73 Å². The molecule has 4 atom stereocenters. The molecule has 0 aromatic heterocycles. The SMILES string of the molecule is CN(C)C1C(O)=C(C(N)=O)C(=O)C2(O)C(O)=C3C(=O)c4c(O)ccc(-c5ccc(CO)cc5)c4CC3CC12. The summed E-state index contributed by atoms with van der Waals surface area (Å²) < 4.78 is 0. The zero-order valence-corrected chi connectivity index (χ0v) is 20.8. The molecule has 4 unspecified atom stereocenters. The largest absolute Gasteiger partial charge is 0.510 e. The highest BCUT2D eigenvalue weighted by molar-refractivity contribution is 6.24. The first-order valence-electron chi connectivity index (χ1n) is 12.1. The molecule has 5 rings (SSSR count). The Morgan fingerprint density at radius 1 is 1.08 bits per heavy atom. The average Bonchev–Trinajstić information content (AvgIpc) is 2.86. The van der Waals surface area contributed by atoms with Crippen molar-refractivity contribution in [2.24, 2.45) is 17.6 Å². The summed E-state index contributed by atoms with van der Waals surface area (Å²) in [7, 11) is 3.17. The van der Waals surface area contributed by atoms with Crippen LogP contribution >= 0.6 is 0 Å². The zero-order valence-electron chi connectivity index (χ0n) is 20.8. The Kier molecular flexibility index (Phi) is 5.94. The van der Waals surface area contributed by atoms with Gasteiger partial charge >= 0.3 is 0 Å². The van der Waals surface area contributed by atoms with E-state index in [0.29, 0.717) is 16.7 Å². The van der Waals surface area contributed by atoms with Gasteiger partial charge in [-0.1, -0.05) is 30.3 Å². The van der Waals surface area contributed by atoms with Crippen molar-refractivity contribution in [1.29, 1.82) is 0 Å². The highest BCUT2D eigenvalue weighted by Crippen LogP contribution is 2.53. The number of hydrogen-bond acceptors (Lipinski definition) is 9. The molecule has 10 heteroatoms. The minimum Gasteiger partial charge on any atom is -0.510 e. The van der Waals surface area contributed by atoms with E-state index in [1.165, 1.54) is 11.0 Å². The van der Waals surface area contributed by atoms with Gasteiger partial charge in [-0.2, -0.15) is 0 Å². The number of likely N-dealkylation sites (N-methyl/N-ethyl adjacent to an activating group) is 1. The van der Waals surface area contributed by atoms with Gasteiger partial charge in [-0.3, -0.25) is 19.3 Å². The van der Waals surface area contributed by atoms with E-state index in [1.54, 1.807) is 44.4 Å². The van der Waals surface area contributed by atoms with Gasteiger partial charge < -0.3 is 31.3 Å². The zero-order chi connectivity index (χ0) is 27.7. The van der Waals surface area contributed by atoms with E-state index >= 15 is 0 Å². The lowest BCUT2D eigenvalue weighted by Gasteiger charge is -2.50. The van der Waals surface area contributed by atoms with E-state index in [4.69, 9.17) is 5.73 Å². The number of phenols is 1. The maximum Gasteiger partial charge on any atom is 0.255 e. The van der Waals surface area contributed by atoms with E-state index in [-0.39, 0.29) is 36.3 Å². The molecule has 2 aromatic carbocycles. The quantitative estimate of drug-likeness (QED) is 0.324. The normalized spacial score (nSPS) is 26.8. The van der Waals surface area contributed by atoms with Crippen molar-refractivity contribution in [3.8, 4) is 16.9 Å². The Labute approximate surface area is 217 Å². The third kappa shape index (κ3) is 3.41. The Morgan fingerprint density at radius 3 is 2.32 bits per heavy atom. The third-order valence-corrected chi connectivity index (χ3v) is 8.05. The van der Waals surface area contributed by atoms with Crippen molar-refractivity contribution < 1.29 is 39.9 Å². The summed E-state index contributed by atoms with van der Waals surface area (Å²) in [6.45, 7) is -0.128. The first kappa shape index (κ1) is 25.7. The van der Waals surface area contributed by atoms with Crippen LogP contribution in [-0.4, -0.2) is 73.6 Å². The molecule has 0 fully saturated rings. The molecule has 38 heavy (non-hydrogen) atoms. The number of aromatic hydroxyl groups is 1. The van der Waals surface area contributed by atoms with E-state index in [1.807, 2.05) is 0 Å². The van der Waals surface area contributed by atoms with Crippen LogP contribution in [0.5, 0.6) is 5.75 Å². The predicted octanol–water partition coefficient (Wildman–Crippen LogP) is 1.28. The molecule has 198 valence electrons. The molecular formula is C28H28N2O8. The van der Waals surface area contributed by atoms with Crippen molar-refractivity contribution in [3.05, 3.63) is 75.8 Å². The number of nitrogens with two attached hydrogens (primary N) is 1. The second-order valence-corrected chi connectivity index (χ2v) is 10.3. The van der Waals surface area contributed by atoms with Gasteiger partial charge in [0.15, 0.2) is 11.4 Å². The highest BCUT2D eigenvalue weighted by Gasteiger charge is 2.63. The highest BCUT2D eigenvalue weighted by atomic mass is 16.3. The lowest BCUT2D eigenvalue weighted by Crippen LogP contribution is -2.63. The molecule has 2 aromatic rings. The standard InChI is InChI=1S/C28H28N2O8/c1-30(2)22-17-10-14-9-16-15(13-5-3-12(11-31)4-6-13)7-8-18(32)20(16)23(33)19(14)25(35)28(17,38)26(36)21(24(22)34)27(29)37/h3-8,14,17,22,31-32,34-35,38H,9-11H2,1-2H3,(H2,29,37). The van der Waals surface area contributed by atoms with Gasteiger partial charge in [0.1, 0.15) is 22.8 Å². The molecule has 1 amide bonds. The number of aliphatic hydroxyl groups excluding tert-OH is 3. The lowest BCUT2D eigenvalue weighted by molar-refractivity contribution is -0.148. The lowest BCUT2D eigenvalue weighted by atomic mass is 9.58. The Morgan fingerprint density at radius 2 is 1.74 bits per heavy atom. The van der Waals surface area contributed by atoms with E-state index in [2.05, 4.69) is 0 Å². The Balaban J connectivity index is 1.70. The van der Waals surface area contributed by atoms with E-state index in [0.717, 1.165) is 5.56 Å². The maximum absolute atomic E-state index is 13.8. The van der Waals surface area contributed by atoms with Crippen LogP contribution in [0.2, 0.25) is 0 Å². The molecule has 10 nitrogen and oxygen atoms in total. The number of primary amides is 1. The van der Waals surface area contributed by atoms with Gasteiger partial charge in [0.2, 0.25) is 5.78 Å². The van der Waals surface area contributed by atoms with Gasteiger partial charge in [0.25, 0.3) is 5.91 Å². The molecule has 0 saturated carbocycles. The second kappa shape index (κ2) is 8.80. The van der Waals surface area contributed by atoms with E-state index in [9.17, 15) is 39.9 Å². The second-order valence-electron chi connectivity index (χ2n) is 10.3. The molecule has 3 aliphatic rings. The van der Waals surface area contributed by atoms with Gasteiger partial charge in [-0.05, 0) is 61.2 Å². The topological polar surface area (TPSA) is 182 Å². The van der Waals surface area contributed by atoms with Crippen LogP contribution in [0.4, 0.5) is 0 Å². The molecule has 0 bridgehead atoms. The number of ketones is 2. The number of Topliss-reactive ketones (excluding diaryl/α,β-unsaturated/α-hetero) is 2. The molecule has 0 heterocycles. The Bertz CT molecular complexity index is 1460. The molecule has 0 aliphatic heterocycles. The molecule has 7 N–H and O–H groups in total. The fourth-order valence-electron chi connectivity index (χ4n) is 6.31. The number of fused-ring (bicyclic) bond motifs is 3. The summed E-state index contributed by atoms with van der Waals surface area (Å²) in [6, 6.07) is 9.08. The maximum atomic E-state index is 13.8. The number of phenolic OH excluding ortho intramolecular Hbond substituents is 1. The number of rotatable bonds is 4. The molecule has 0 radical (unpaired) electrons. The van der Waals surface area contributed by atoms with Crippen LogP contribution in [0.1, 0.15) is 27.9 Å². The Hall–Kier alpha value is -3.99. The first-order chi connectivity index (χ1) is 17.9. The van der Waals surface area contributed by atoms with Crippen LogP contribution in [-0.2, 0) is 22.6 Å². The summed E-state index contributed by atoms with van der Waals surface area (Å²) in [4.78, 5) is 40.7. The van der Waals surface area contributed by atoms with Gasteiger partial charge in [0, 0.05) is 11.5 Å². The smallest absolute Gasteiger partial charge is 0.255 e. The summed E-state index contributed by atoms with van der Waals surface area (Å²) in [5.74, 6) is -6.82.